The first kappa shape index (κ1) is 24.9. The van der Waals surface area contributed by atoms with Crippen molar-refractivity contribution in [1.29, 1.82) is 0 Å². The van der Waals surface area contributed by atoms with Crippen LogP contribution in [0.25, 0.3) is 0 Å². The van der Waals surface area contributed by atoms with Crippen molar-refractivity contribution in [2.45, 2.75) is 41.7 Å². The van der Waals surface area contributed by atoms with Gasteiger partial charge in [0, 0.05) is 0 Å². The van der Waals surface area contributed by atoms with Crippen molar-refractivity contribution < 1.29 is 74.5 Å². The molecule has 156 valence electrons. The van der Waals surface area contributed by atoms with Crippen LogP contribution < -0.4 is 0 Å². The number of carbonyl (C=O) groups excluding carboxylic acids is 1. The molecule has 0 aromatic carbocycles. The zero-order valence-electron chi connectivity index (χ0n) is 10.9. The summed E-state index contributed by atoms with van der Waals surface area (Å²) in [6.45, 7) is 0. The Labute approximate surface area is 139 Å². The first-order chi connectivity index (χ1) is 11.0. The molecule has 0 aromatic heterocycles. The van der Waals surface area contributed by atoms with Crippen LogP contribution >= 0.6 is 16.3 Å². The summed E-state index contributed by atoms with van der Waals surface area (Å²) in [5.74, 6) is -51.9. The van der Waals surface area contributed by atoms with Crippen molar-refractivity contribution >= 4 is 22.2 Å². The number of alkyl halides is 15. The van der Waals surface area contributed by atoms with E-state index in [0.717, 1.165) is 0 Å². The van der Waals surface area contributed by atoms with Gasteiger partial charge in [0.2, 0.25) is 0 Å². The number of rotatable bonds is 6. The van der Waals surface area contributed by atoms with Gasteiger partial charge in [-0.15, -0.1) is 0 Å². The Balaban J connectivity index is 6.56. The molecule has 0 aliphatic heterocycles. The fourth-order valence-electron chi connectivity index (χ4n) is 1.14. The largest absolute Gasteiger partial charge is 0.460 e. The molecule has 0 amide bonds. The van der Waals surface area contributed by atoms with Gasteiger partial charge in [0.15, 0.2) is 16.3 Å². The lowest BCUT2D eigenvalue weighted by Crippen LogP contribution is -2.73. The van der Waals surface area contributed by atoms with Gasteiger partial charge < -0.3 is 3.83 Å². The monoisotopic (exact) mass is 492 g/mol. The average Bonchev–Trinajstić information content (AvgIpc) is 2.43. The predicted molar refractivity (Wildman–Crippen MR) is 50.8 cm³/mol. The Morgan fingerprint density at radius 3 is 1.08 bits per heavy atom. The Hall–Kier alpha value is -1.10. The third-order valence-corrected chi connectivity index (χ3v) is 2.95. The van der Waals surface area contributed by atoms with Crippen molar-refractivity contribution in [2.75, 3.05) is 0 Å². The van der Waals surface area contributed by atoms with Crippen LogP contribution in [-0.4, -0.2) is 47.7 Å². The van der Waals surface area contributed by atoms with E-state index in [1.807, 2.05) is 0 Å². The van der Waals surface area contributed by atoms with Crippen molar-refractivity contribution in [1.82, 2.24) is 0 Å². The predicted octanol–water partition coefficient (Wildman–Crippen LogP) is 5.21. The molecule has 0 saturated carbocycles. The third kappa shape index (κ3) is 2.96. The summed E-state index contributed by atoms with van der Waals surface area (Å²) in [6, 6.07) is 0. The molecule has 26 heavy (non-hydrogen) atoms. The van der Waals surface area contributed by atoms with Crippen LogP contribution in [0.3, 0.4) is 0 Å². The third-order valence-electron chi connectivity index (χ3n) is 2.65. The lowest BCUT2D eigenvalue weighted by Gasteiger charge is -2.40. The van der Waals surface area contributed by atoms with E-state index in [1.54, 1.807) is 0 Å². The molecular weight excluding hydrogens is 493 g/mol. The van der Waals surface area contributed by atoms with Crippen LogP contribution in [-0.2, 0) is 8.62 Å². The minimum absolute atomic E-state index is 1.25. The van der Waals surface area contributed by atoms with Crippen LogP contribution in [0, 0.1) is 0 Å². The van der Waals surface area contributed by atoms with Crippen molar-refractivity contribution in [3.8, 4) is 0 Å². The van der Waals surface area contributed by atoms with Gasteiger partial charge in [-0.05, 0) is 0 Å². The molecule has 0 N–H and O–H groups in total. The van der Waals surface area contributed by atoms with Gasteiger partial charge in [0.1, 0.15) is 0 Å². The minimum atomic E-state index is -8.43. The lowest BCUT2D eigenvalue weighted by molar-refractivity contribution is -0.450. The standard InChI is InChI=1S/C8BrF15O2/c9-26-1(25)2(10,11)3(12,13)4(14,15)5(16,17)6(18,19)7(20,21)8(22,23)24. The SMILES string of the molecule is O=C(OBr)C(F)(F)C(F)(F)C(F)(F)C(F)(F)C(F)(F)C(F)(F)C(F)(F)F. The van der Waals surface area contributed by atoms with Crippen molar-refractivity contribution in [3.63, 3.8) is 0 Å². The van der Waals surface area contributed by atoms with Crippen LogP contribution in [0.1, 0.15) is 0 Å². The highest BCUT2D eigenvalue weighted by atomic mass is 79.9. The van der Waals surface area contributed by atoms with E-state index in [9.17, 15) is 70.7 Å². The van der Waals surface area contributed by atoms with Gasteiger partial charge in [-0.1, -0.05) is 0 Å². The highest BCUT2D eigenvalue weighted by Crippen LogP contribution is 2.62. The van der Waals surface area contributed by atoms with E-state index in [-0.39, 0.29) is 0 Å². The molecule has 0 saturated heterocycles. The molecule has 0 aromatic rings. The van der Waals surface area contributed by atoms with Gasteiger partial charge in [0.25, 0.3) is 0 Å². The molecule has 0 atom stereocenters. The van der Waals surface area contributed by atoms with Crippen LogP contribution in [0.15, 0.2) is 0 Å². The second-order valence-corrected chi connectivity index (χ2v) is 4.63. The smallest absolute Gasteiger partial charge is 0.379 e. The number of halogens is 16. The Morgan fingerprint density at radius 1 is 0.538 bits per heavy atom. The maximum Gasteiger partial charge on any atom is 0.460 e. The van der Waals surface area contributed by atoms with Crippen molar-refractivity contribution in [3.05, 3.63) is 0 Å². The Kier molecular flexibility index (Phi) is 5.95. The van der Waals surface area contributed by atoms with E-state index in [4.69, 9.17) is 0 Å². The molecule has 0 fully saturated rings. The summed E-state index contributed by atoms with van der Waals surface area (Å²) in [7, 11) is 0. The molecular formula is C8BrF15O2. The maximum absolute atomic E-state index is 13.0. The van der Waals surface area contributed by atoms with Gasteiger partial charge in [-0.25, -0.2) is 4.79 Å². The van der Waals surface area contributed by atoms with E-state index >= 15 is 0 Å². The first-order valence-electron chi connectivity index (χ1n) is 5.15. The summed E-state index contributed by atoms with van der Waals surface area (Å²) in [5, 5.41) is 0. The second kappa shape index (κ2) is 6.22. The number of hydrogen-bond acceptors (Lipinski definition) is 2. The highest BCUT2D eigenvalue weighted by molar-refractivity contribution is 9.06. The van der Waals surface area contributed by atoms with E-state index in [2.05, 4.69) is 3.83 Å². The summed E-state index contributed by atoms with van der Waals surface area (Å²) in [6.07, 6.45) is -7.68. The van der Waals surface area contributed by atoms with E-state index in [0.29, 0.717) is 0 Å². The highest BCUT2D eigenvalue weighted by Gasteiger charge is 2.94. The maximum atomic E-state index is 13.0. The molecule has 0 rings (SSSR count). The molecule has 0 bridgehead atoms. The fourth-order valence-corrected chi connectivity index (χ4v) is 1.35. The molecule has 0 aliphatic rings. The average molecular weight is 493 g/mol. The van der Waals surface area contributed by atoms with Crippen molar-refractivity contribution in [2.24, 2.45) is 0 Å². The molecule has 2 nitrogen and oxygen atoms in total. The number of carbonyl (C=O) groups is 1. The fraction of sp³-hybridized carbons (Fsp3) is 0.875. The summed E-state index contributed by atoms with van der Waals surface area (Å²) < 4.78 is 192. The molecule has 0 spiro atoms. The number of hydrogen-bond donors (Lipinski definition) is 0. The van der Waals surface area contributed by atoms with E-state index < -0.39 is 47.7 Å². The van der Waals surface area contributed by atoms with Crippen LogP contribution in [0.4, 0.5) is 65.9 Å². The first-order valence-corrected chi connectivity index (χ1v) is 5.79. The summed E-state index contributed by atoms with van der Waals surface area (Å²) in [4.78, 5) is 10.3. The quantitative estimate of drug-likeness (QED) is 0.476. The van der Waals surface area contributed by atoms with E-state index in [1.165, 1.54) is 16.3 Å². The lowest BCUT2D eigenvalue weighted by atomic mass is 9.91. The van der Waals surface area contributed by atoms with Gasteiger partial charge in [0.05, 0.1) is 0 Å². The topological polar surface area (TPSA) is 26.3 Å². The van der Waals surface area contributed by atoms with Gasteiger partial charge >= 0.3 is 47.7 Å². The normalized spacial score (nSPS) is 15.8. The minimum Gasteiger partial charge on any atom is -0.379 e. The second-order valence-electron chi connectivity index (χ2n) is 4.31. The zero-order chi connectivity index (χ0) is 21.8. The van der Waals surface area contributed by atoms with Crippen LogP contribution in [0.2, 0.25) is 0 Å². The van der Waals surface area contributed by atoms with Gasteiger partial charge in [-0.3, -0.25) is 0 Å². The Bertz CT molecular complexity index is 550. The molecule has 18 heteroatoms. The molecule has 0 unspecified atom stereocenters. The molecule has 0 aliphatic carbocycles. The summed E-state index contributed by atoms with van der Waals surface area (Å²) >= 11 is 1.25. The molecule has 0 heterocycles. The summed E-state index contributed by atoms with van der Waals surface area (Å²) in [5.41, 5.74) is 0. The van der Waals surface area contributed by atoms with Crippen LogP contribution in [0.5, 0.6) is 0 Å². The zero-order valence-corrected chi connectivity index (χ0v) is 12.4. The Morgan fingerprint density at radius 2 is 0.808 bits per heavy atom. The van der Waals surface area contributed by atoms with Gasteiger partial charge in [-0.2, -0.15) is 65.9 Å². The molecule has 0 radical (unpaired) electrons.